The Kier molecular flexibility index (Phi) is 4.14. The number of rotatable bonds is 4. The maximum atomic E-state index is 11.6. The fourth-order valence-corrected chi connectivity index (χ4v) is 1.99. The monoisotopic (exact) mass is 289 g/mol. The molecule has 1 aromatic carbocycles. The molecule has 1 heterocycles. The molecule has 0 bridgehead atoms. The van der Waals surface area contributed by atoms with Crippen LogP contribution in [0.3, 0.4) is 0 Å². The summed E-state index contributed by atoms with van der Waals surface area (Å²) in [5.74, 6) is -0.400. The summed E-state index contributed by atoms with van der Waals surface area (Å²) in [6.45, 7) is 4.04. The standard InChI is InChI=1S/C14H15N3O2S/c1-3-19-14(18)10-7-16-17(8-10)12-6-9(2)4-5-11(12)13(15)20/h4-8H,3H2,1-2H3,(H2,15,20). The van der Waals surface area contributed by atoms with Crippen LogP contribution >= 0.6 is 12.2 Å². The van der Waals surface area contributed by atoms with Gasteiger partial charge in [0.05, 0.1) is 24.1 Å². The average molecular weight is 289 g/mol. The highest BCUT2D eigenvalue weighted by molar-refractivity contribution is 7.80. The Morgan fingerprint density at radius 1 is 1.50 bits per heavy atom. The molecule has 0 fully saturated rings. The molecule has 5 nitrogen and oxygen atoms in total. The van der Waals surface area contributed by atoms with Gasteiger partial charge in [-0.1, -0.05) is 18.3 Å². The van der Waals surface area contributed by atoms with Crippen LogP contribution in [0, 0.1) is 6.92 Å². The second-order valence-corrected chi connectivity index (χ2v) is 4.72. The third-order valence-corrected chi connectivity index (χ3v) is 2.98. The van der Waals surface area contributed by atoms with E-state index in [2.05, 4.69) is 5.10 Å². The number of aryl methyl sites for hydroxylation is 1. The van der Waals surface area contributed by atoms with Crippen molar-refractivity contribution >= 4 is 23.2 Å². The van der Waals surface area contributed by atoms with Gasteiger partial charge in [0.2, 0.25) is 0 Å². The van der Waals surface area contributed by atoms with Gasteiger partial charge in [0.15, 0.2) is 0 Å². The van der Waals surface area contributed by atoms with Crippen molar-refractivity contribution in [2.45, 2.75) is 13.8 Å². The first-order chi connectivity index (χ1) is 9.52. The largest absolute Gasteiger partial charge is 0.462 e. The van der Waals surface area contributed by atoms with Crippen molar-refractivity contribution in [1.29, 1.82) is 0 Å². The molecule has 0 aliphatic carbocycles. The number of benzene rings is 1. The summed E-state index contributed by atoms with van der Waals surface area (Å²) in [7, 11) is 0. The van der Waals surface area contributed by atoms with Gasteiger partial charge in [-0.2, -0.15) is 5.10 Å². The van der Waals surface area contributed by atoms with E-state index in [-0.39, 0.29) is 4.99 Å². The van der Waals surface area contributed by atoms with Crippen molar-refractivity contribution in [2.24, 2.45) is 5.73 Å². The molecule has 0 amide bonds. The number of aromatic nitrogens is 2. The van der Waals surface area contributed by atoms with E-state index < -0.39 is 5.97 Å². The van der Waals surface area contributed by atoms with E-state index in [1.165, 1.54) is 6.20 Å². The number of nitrogens with zero attached hydrogens (tertiary/aromatic N) is 2. The fourth-order valence-electron chi connectivity index (χ4n) is 1.81. The van der Waals surface area contributed by atoms with Crippen molar-refractivity contribution in [2.75, 3.05) is 6.61 Å². The first-order valence-corrected chi connectivity index (χ1v) is 6.56. The molecule has 0 saturated carbocycles. The zero-order valence-electron chi connectivity index (χ0n) is 11.3. The summed E-state index contributed by atoms with van der Waals surface area (Å²) in [6.07, 6.45) is 3.07. The molecule has 0 aliphatic heterocycles. The van der Waals surface area contributed by atoms with Gasteiger partial charge in [-0.3, -0.25) is 0 Å². The molecule has 0 atom stereocenters. The molecule has 104 valence electrons. The van der Waals surface area contributed by atoms with Crippen molar-refractivity contribution in [3.05, 3.63) is 47.3 Å². The molecule has 0 unspecified atom stereocenters. The van der Waals surface area contributed by atoms with Gasteiger partial charge in [-0.05, 0) is 31.5 Å². The van der Waals surface area contributed by atoms with Gasteiger partial charge < -0.3 is 10.5 Å². The maximum absolute atomic E-state index is 11.6. The van der Waals surface area contributed by atoms with Crippen molar-refractivity contribution in [3.8, 4) is 5.69 Å². The molecule has 0 spiro atoms. The third kappa shape index (κ3) is 2.85. The first-order valence-electron chi connectivity index (χ1n) is 6.15. The molecule has 1 aromatic heterocycles. The van der Waals surface area contributed by atoms with Crippen LogP contribution < -0.4 is 5.73 Å². The van der Waals surface area contributed by atoms with Crippen LogP contribution in [0.2, 0.25) is 0 Å². The van der Waals surface area contributed by atoms with Crippen LogP contribution in [-0.4, -0.2) is 27.3 Å². The summed E-state index contributed by atoms with van der Waals surface area (Å²) >= 11 is 5.04. The molecular weight excluding hydrogens is 274 g/mol. The third-order valence-electron chi connectivity index (χ3n) is 2.76. The smallest absolute Gasteiger partial charge is 0.341 e. The molecule has 0 aliphatic rings. The van der Waals surface area contributed by atoms with Crippen LogP contribution in [0.25, 0.3) is 5.69 Å². The van der Waals surface area contributed by atoms with E-state index in [1.807, 2.05) is 25.1 Å². The molecule has 20 heavy (non-hydrogen) atoms. The van der Waals surface area contributed by atoms with Gasteiger partial charge in [-0.25, -0.2) is 9.48 Å². The Morgan fingerprint density at radius 3 is 2.90 bits per heavy atom. The highest BCUT2D eigenvalue weighted by atomic mass is 32.1. The normalized spacial score (nSPS) is 10.3. The van der Waals surface area contributed by atoms with E-state index in [4.69, 9.17) is 22.7 Å². The zero-order valence-corrected chi connectivity index (χ0v) is 12.1. The minimum Gasteiger partial charge on any atom is -0.462 e. The van der Waals surface area contributed by atoms with Crippen LogP contribution in [0.15, 0.2) is 30.6 Å². The Balaban J connectivity index is 2.44. The number of carbonyl (C=O) groups is 1. The fraction of sp³-hybridized carbons (Fsp3) is 0.214. The highest BCUT2D eigenvalue weighted by Crippen LogP contribution is 2.17. The Bertz CT molecular complexity index is 664. The SMILES string of the molecule is CCOC(=O)c1cnn(-c2cc(C)ccc2C(N)=S)c1. The van der Waals surface area contributed by atoms with Crippen LogP contribution in [0.1, 0.15) is 28.4 Å². The second kappa shape index (κ2) is 5.83. The Labute approximate surface area is 122 Å². The lowest BCUT2D eigenvalue weighted by Gasteiger charge is -2.09. The number of hydrogen-bond donors (Lipinski definition) is 1. The molecule has 2 N–H and O–H groups in total. The second-order valence-electron chi connectivity index (χ2n) is 4.28. The van der Waals surface area contributed by atoms with Crippen LogP contribution in [-0.2, 0) is 4.74 Å². The van der Waals surface area contributed by atoms with Crippen molar-refractivity contribution < 1.29 is 9.53 Å². The summed E-state index contributed by atoms with van der Waals surface area (Å²) in [4.78, 5) is 11.9. The van der Waals surface area contributed by atoms with Gasteiger partial charge in [0, 0.05) is 11.8 Å². The number of hydrogen-bond acceptors (Lipinski definition) is 4. The van der Waals surface area contributed by atoms with Gasteiger partial charge in [0.1, 0.15) is 4.99 Å². The van der Waals surface area contributed by atoms with Crippen LogP contribution in [0.4, 0.5) is 0 Å². The zero-order chi connectivity index (χ0) is 14.7. The number of esters is 1. The number of nitrogens with two attached hydrogens (primary N) is 1. The van der Waals surface area contributed by atoms with Crippen molar-refractivity contribution in [3.63, 3.8) is 0 Å². The quantitative estimate of drug-likeness (QED) is 0.688. The molecule has 0 saturated heterocycles. The van der Waals surface area contributed by atoms with Crippen molar-refractivity contribution in [1.82, 2.24) is 9.78 Å². The lowest BCUT2D eigenvalue weighted by molar-refractivity contribution is 0.0526. The van der Waals surface area contributed by atoms with Crippen LogP contribution in [0.5, 0.6) is 0 Å². The van der Waals surface area contributed by atoms with E-state index >= 15 is 0 Å². The molecule has 2 rings (SSSR count). The van der Waals surface area contributed by atoms with Gasteiger partial charge in [0.25, 0.3) is 0 Å². The molecule has 2 aromatic rings. The minimum absolute atomic E-state index is 0.285. The number of thiocarbonyl (C=S) groups is 1. The summed E-state index contributed by atoms with van der Waals surface area (Å²) in [5, 5.41) is 4.17. The summed E-state index contributed by atoms with van der Waals surface area (Å²) < 4.78 is 6.51. The average Bonchev–Trinajstić information content (AvgIpc) is 2.88. The van der Waals surface area contributed by atoms with E-state index in [0.717, 1.165) is 11.3 Å². The van der Waals surface area contributed by atoms with Gasteiger partial charge in [-0.15, -0.1) is 0 Å². The highest BCUT2D eigenvalue weighted by Gasteiger charge is 2.13. The Hall–Kier alpha value is -2.21. The maximum Gasteiger partial charge on any atom is 0.341 e. The minimum atomic E-state index is -0.400. The first kappa shape index (κ1) is 14.2. The predicted octanol–water partition coefficient (Wildman–Crippen LogP) is 1.99. The number of ether oxygens (including phenoxy) is 1. The summed E-state index contributed by atoms with van der Waals surface area (Å²) in [5.41, 5.74) is 8.61. The van der Waals surface area contributed by atoms with E-state index in [9.17, 15) is 4.79 Å². The van der Waals surface area contributed by atoms with E-state index in [0.29, 0.717) is 17.7 Å². The topological polar surface area (TPSA) is 70.1 Å². The van der Waals surface area contributed by atoms with Gasteiger partial charge >= 0.3 is 5.97 Å². The summed E-state index contributed by atoms with van der Waals surface area (Å²) in [6, 6.07) is 5.68. The molecular formula is C14H15N3O2S. The molecule has 0 radical (unpaired) electrons. The molecule has 6 heteroatoms. The predicted molar refractivity (Wildman–Crippen MR) is 80.1 cm³/mol. The Morgan fingerprint density at radius 2 is 2.25 bits per heavy atom. The van der Waals surface area contributed by atoms with E-state index in [1.54, 1.807) is 17.8 Å². The number of carbonyl (C=O) groups excluding carboxylic acids is 1. The lowest BCUT2D eigenvalue weighted by atomic mass is 10.1. The lowest BCUT2D eigenvalue weighted by Crippen LogP contribution is -2.14.